The van der Waals surface area contributed by atoms with Crippen LogP contribution in [0.5, 0.6) is 0 Å². The van der Waals surface area contributed by atoms with E-state index >= 15 is 0 Å². The van der Waals surface area contributed by atoms with Crippen molar-refractivity contribution in [1.82, 2.24) is 0 Å². The van der Waals surface area contributed by atoms with Gasteiger partial charge < -0.3 is 13.7 Å². The van der Waals surface area contributed by atoms with Gasteiger partial charge in [0.15, 0.2) is 5.58 Å². The lowest BCUT2D eigenvalue weighted by molar-refractivity contribution is 0.668. The number of furan rings is 2. The van der Waals surface area contributed by atoms with Gasteiger partial charge in [0.1, 0.15) is 16.7 Å². The third-order valence-electron chi connectivity index (χ3n) is 12.1. The van der Waals surface area contributed by atoms with Gasteiger partial charge in [0.25, 0.3) is 0 Å². The molecule has 0 aliphatic rings. The molecule has 0 radical (unpaired) electrons. The predicted octanol–water partition coefficient (Wildman–Crippen LogP) is 16.8. The standard InChI is InChI=1S/C58H37NO2/c1-2-11-43(12-3-1)49-33-34-52-50-14-6-9-17-55(50)61-58(52)57(49)59(48-31-26-42(27-32-48)46-28-35-56-53(37-46)51-15-7-8-16-54(51)60-56)47-29-24-40(25-30-47)39-18-20-41(21-19-39)45-23-22-38-10-4-5-13-44(38)36-45/h1-37H. The first-order valence-corrected chi connectivity index (χ1v) is 20.7. The molecule has 2 aromatic heterocycles. The van der Waals surface area contributed by atoms with E-state index in [1.54, 1.807) is 0 Å². The zero-order chi connectivity index (χ0) is 40.3. The summed E-state index contributed by atoms with van der Waals surface area (Å²) < 4.78 is 13.0. The summed E-state index contributed by atoms with van der Waals surface area (Å²) in [6, 6.07) is 80.0. The fraction of sp³-hybridized carbons (Fsp3) is 0. The van der Waals surface area contributed by atoms with Gasteiger partial charge in [-0.3, -0.25) is 0 Å². The summed E-state index contributed by atoms with van der Waals surface area (Å²) in [6.07, 6.45) is 0. The van der Waals surface area contributed by atoms with Gasteiger partial charge in [-0.2, -0.15) is 0 Å². The average molecular weight is 780 g/mol. The van der Waals surface area contributed by atoms with Crippen LogP contribution in [-0.2, 0) is 0 Å². The Kier molecular flexibility index (Phi) is 8.17. The van der Waals surface area contributed by atoms with Crippen molar-refractivity contribution in [3.05, 3.63) is 224 Å². The highest BCUT2D eigenvalue weighted by molar-refractivity contribution is 6.14. The summed E-state index contributed by atoms with van der Waals surface area (Å²) in [5, 5.41) is 6.91. The Morgan fingerprint density at radius 1 is 0.279 bits per heavy atom. The Hall–Kier alpha value is -8.14. The molecule has 0 unspecified atom stereocenters. The average Bonchev–Trinajstić information content (AvgIpc) is 3.91. The Balaban J connectivity index is 0.983. The van der Waals surface area contributed by atoms with Gasteiger partial charge in [-0.15, -0.1) is 0 Å². The third-order valence-corrected chi connectivity index (χ3v) is 12.1. The molecule has 2 heterocycles. The zero-order valence-corrected chi connectivity index (χ0v) is 33.1. The van der Waals surface area contributed by atoms with E-state index in [1.165, 1.54) is 27.5 Å². The van der Waals surface area contributed by atoms with Crippen molar-refractivity contribution in [3.8, 4) is 44.5 Å². The minimum atomic E-state index is 0.845. The lowest BCUT2D eigenvalue weighted by Crippen LogP contribution is -2.11. The number of anilines is 3. The SMILES string of the molecule is c1ccc(-c2ccc3c(oc4ccccc43)c2N(c2ccc(-c3ccc(-c4ccc5ccccc5c4)cc3)cc2)c2ccc(-c3ccc4oc5ccccc5c4c3)cc2)cc1. The minimum absolute atomic E-state index is 0.845. The molecule has 12 rings (SSSR count). The molecule has 0 fully saturated rings. The summed E-state index contributed by atoms with van der Waals surface area (Å²) in [7, 11) is 0. The van der Waals surface area contributed by atoms with Gasteiger partial charge in [-0.05, 0) is 110 Å². The molecule has 286 valence electrons. The molecular formula is C58H37NO2. The second-order valence-corrected chi connectivity index (χ2v) is 15.7. The molecule has 0 aliphatic carbocycles. The van der Waals surface area contributed by atoms with Crippen LogP contribution in [0.3, 0.4) is 0 Å². The number of benzene rings is 10. The number of rotatable bonds is 7. The van der Waals surface area contributed by atoms with Gasteiger partial charge in [-0.25, -0.2) is 0 Å². The zero-order valence-electron chi connectivity index (χ0n) is 33.1. The summed E-state index contributed by atoms with van der Waals surface area (Å²) >= 11 is 0. The van der Waals surface area contributed by atoms with Gasteiger partial charge >= 0.3 is 0 Å². The molecule has 10 aromatic carbocycles. The molecule has 3 heteroatoms. The van der Waals surface area contributed by atoms with Gasteiger partial charge in [0, 0.05) is 38.5 Å². The molecule has 0 saturated carbocycles. The van der Waals surface area contributed by atoms with Crippen molar-refractivity contribution in [2.24, 2.45) is 0 Å². The number of para-hydroxylation sites is 2. The smallest absolute Gasteiger partial charge is 0.160 e. The van der Waals surface area contributed by atoms with Gasteiger partial charge in [0.05, 0.1) is 5.69 Å². The molecule has 3 nitrogen and oxygen atoms in total. The van der Waals surface area contributed by atoms with E-state index in [-0.39, 0.29) is 0 Å². The molecule has 0 aliphatic heterocycles. The van der Waals surface area contributed by atoms with Crippen LogP contribution >= 0.6 is 0 Å². The topological polar surface area (TPSA) is 29.5 Å². The van der Waals surface area contributed by atoms with Crippen molar-refractivity contribution in [2.45, 2.75) is 0 Å². The summed E-state index contributed by atoms with van der Waals surface area (Å²) in [5.74, 6) is 0. The molecule has 12 aromatic rings. The fourth-order valence-corrected chi connectivity index (χ4v) is 8.99. The van der Waals surface area contributed by atoms with Crippen LogP contribution in [0.15, 0.2) is 233 Å². The normalized spacial score (nSPS) is 11.6. The monoisotopic (exact) mass is 779 g/mol. The fourth-order valence-electron chi connectivity index (χ4n) is 8.99. The van der Waals surface area contributed by atoms with E-state index in [1.807, 2.05) is 18.2 Å². The van der Waals surface area contributed by atoms with Crippen LogP contribution in [0.25, 0.3) is 99.2 Å². The molecule has 0 amide bonds. The van der Waals surface area contributed by atoms with E-state index in [9.17, 15) is 0 Å². The summed E-state index contributed by atoms with van der Waals surface area (Å²) in [6.45, 7) is 0. The second kappa shape index (κ2) is 14.3. The van der Waals surface area contributed by atoms with E-state index in [0.717, 1.165) is 88.8 Å². The van der Waals surface area contributed by atoms with Crippen molar-refractivity contribution in [3.63, 3.8) is 0 Å². The van der Waals surface area contributed by atoms with Crippen molar-refractivity contribution < 1.29 is 8.83 Å². The van der Waals surface area contributed by atoms with Crippen LogP contribution in [0.4, 0.5) is 17.1 Å². The second-order valence-electron chi connectivity index (χ2n) is 15.7. The number of nitrogens with zero attached hydrogens (tertiary/aromatic N) is 1. The molecular weight excluding hydrogens is 743 g/mol. The molecule has 0 saturated heterocycles. The Labute approximate surface area is 353 Å². The first kappa shape index (κ1) is 34.9. The van der Waals surface area contributed by atoms with Crippen LogP contribution < -0.4 is 4.90 Å². The number of hydrogen-bond acceptors (Lipinski definition) is 3. The number of hydrogen-bond donors (Lipinski definition) is 0. The Morgan fingerprint density at radius 2 is 0.770 bits per heavy atom. The maximum atomic E-state index is 6.84. The lowest BCUT2D eigenvalue weighted by Gasteiger charge is -2.28. The highest BCUT2D eigenvalue weighted by Crippen LogP contribution is 2.48. The lowest BCUT2D eigenvalue weighted by atomic mass is 9.97. The van der Waals surface area contributed by atoms with Crippen LogP contribution in [-0.4, -0.2) is 0 Å². The van der Waals surface area contributed by atoms with Crippen LogP contribution in [0.2, 0.25) is 0 Å². The molecule has 0 bridgehead atoms. The largest absolute Gasteiger partial charge is 0.456 e. The third kappa shape index (κ3) is 6.06. The maximum absolute atomic E-state index is 6.84. The van der Waals surface area contributed by atoms with Crippen molar-refractivity contribution >= 4 is 71.7 Å². The highest BCUT2D eigenvalue weighted by atomic mass is 16.3. The van der Waals surface area contributed by atoms with Crippen molar-refractivity contribution in [2.75, 3.05) is 4.90 Å². The van der Waals surface area contributed by atoms with Crippen LogP contribution in [0.1, 0.15) is 0 Å². The summed E-state index contributed by atoms with van der Waals surface area (Å²) in [4.78, 5) is 2.36. The molecule has 61 heavy (non-hydrogen) atoms. The molecule has 0 spiro atoms. The first-order chi connectivity index (χ1) is 30.2. The van der Waals surface area contributed by atoms with E-state index in [0.29, 0.717) is 0 Å². The minimum Gasteiger partial charge on any atom is -0.456 e. The van der Waals surface area contributed by atoms with Gasteiger partial charge in [0.2, 0.25) is 0 Å². The molecule has 0 atom stereocenters. The quantitative estimate of drug-likeness (QED) is 0.161. The van der Waals surface area contributed by atoms with E-state index in [4.69, 9.17) is 8.83 Å². The van der Waals surface area contributed by atoms with Crippen molar-refractivity contribution in [1.29, 1.82) is 0 Å². The maximum Gasteiger partial charge on any atom is 0.160 e. The van der Waals surface area contributed by atoms with E-state index in [2.05, 4.69) is 211 Å². The Bertz CT molecular complexity index is 3560. The predicted molar refractivity (Wildman–Crippen MR) is 255 cm³/mol. The van der Waals surface area contributed by atoms with Gasteiger partial charge in [-0.1, -0.05) is 164 Å². The van der Waals surface area contributed by atoms with E-state index < -0.39 is 0 Å². The first-order valence-electron chi connectivity index (χ1n) is 20.7. The number of fused-ring (bicyclic) bond motifs is 7. The van der Waals surface area contributed by atoms with Crippen LogP contribution in [0, 0.1) is 0 Å². The highest BCUT2D eigenvalue weighted by Gasteiger charge is 2.24. The Morgan fingerprint density at radius 3 is 1.46 bits per heavy atom. The summed E-state index contributed by atoms with van der Waals surface area (Å²) in [5.41, 5.74) is 15.7. The molecule has 0 N–H and O–H groups in total.